The van der Waals surface area contributed by atoms with E-state index in [1.54, 1.807) is 30.2 Å². The molecular formula is C23H22N2O4S. The van der Waals surface area contributed by atoms with Gasteiger partial charge in [0.2, 0.25) is 5.91 Å². The molecule has 0 saturated carbocycles. The molecule has 0 radical (unpaired) electrons. The van der Waals surface area contributed by atoms with Crippen molar-refractivity contribution in [2.75, 3.05) is 24.5 Å². The van der Waals surface area contributed by atoms with Crippen LogP contribution in [-0.4, -0.2) is 39.4 Å². The summed E-state index contributed by atoms with van der Waals surface area (Å²) in [5, 5.41) is 1.56. The van der Waals surface area contributed by atoms with Crippen LogP contribution in [0.25, 0.3) is 10.8 Å². The summed E-state index contributed by atoms with van der Waals surface area (Å²) in [6.07, 6.45) is 1.76. The molecule has 0 N–H and O–H groups in total. The van der Waals surface area contributed by atoms with Crippen molar-refractivity contribution >= 4 is 32.4 Å². The van der Waals surface area contributed by atoms with Gasteiger partial charge in [-0.2, -0.15) is 0 Å². The Morgan fingerprint density at radius 3 is 2.53 bits per heavy atom. The van der Waals surface area contributed by atoms with Crippen LogP contribution in [0.1, 0.15) is 24.4 Å². The third-order valence-corrected chi connectivity index (χ3v) is 7.84. The van der Waals surface area contributed by atoms with Crippen LogP contribution in [0.3, 0.4) is 0 Å². The van der Waals surface area contributed by atoms with Crippen LogP contribution in [0, 0.1) is 0 Å². The summed E-state index contributed by atoms with van der Waals surface area (Å²) in [6.45, 7) is 0.434. The third kappa shape index (κ3) is 2.84. The lowest BCUT2D eigenvalue weighted by molar-refractivity contribution is -0.130. The third-order valence-electron chi connectivity index (χ3n) is 6.03. The molecule has 5 rings (SSSR count). The van der Waals surface area contributed by atoms with E-state index in [4.69, 9.17) is 4.74 Å². The van der Waals surface area contributed by atoms with Gasteiger partial charge in [-0.1, -0.05) is 36.4 Å². The second-order valence-electron chi connectivity index (χ2n) is 7.66. The monoisotopic (exact) mass is 422 g/mol. The zero-order valence-electron chi connectivity index (χ0n) is 16.6. The Morgan fingerprint density at radius 1 is 1.07 bits per heavy atom. The molecule has 0 spiro atoms. The van der Waals surface area contributed by atoms with E-state index >= 15 is 0 Å². The molecule has 1 saturated heterocycles. The first-order valence-corrected chi connectivity index (χ1v) is 11.4. The Morgan fingerprint density at radius 2 is 1.80 bits per heavy atom. The van der Waals surface area contributed by atoms with Crippen LogP contribution in [-0.2, 0) is 14.8 Å². The van der Waals surface area contributed by atoms with Gasteiger partial charge in [-0.25, -0.2) is 8.42 Å². The average Bonchev–Trinajstić information content (AvgIpc) is 3.33. The largest absolute Gasteiger partial charge is 0.497 e. The minimum absolute atomic E-state index is 0.0492. The number of carbonyl (C=O) groups excluding carboxylic acids is 1. The highest BCUT2D eigenvalue weighted by Crippen LogP contribution is 2.42. The Labute approximate surface area is 175 Å². The number of nitrogens with zero attached hydrogens (tertiary/aromatic N) is 2. The molecule has 3 aromatic carbocycles. The normalized spacial score (nSPS) is 19.4. The second kappa shape index (κ2) is 7.02. The molecule has 1 amide bonds. The first kappa shape index (κ1) is 18.9. The Kier molecular flexibility index (Phi) is 4.43. The van der Waals surface area contributed by atoms with Gasteiger partial charge in [0.15, 0.2) is 0 Å². The van der Waals surface area contributed by atoms with E-state index in [9.17, 15) is 13.2 Å². The van der Waals surface area contributed by atoms with Crippen LogP contribution < -0.4 is 9.04 Å². The van der Waals surface area contributed by atoms with Gasteiger partial charge in [0, 0.05) is 11.9 Å². The zero-order valence-corrected chi connectivity index (χ0v) is 17.4. The number of anilines is 1. The Balaban J connectivity index is 1.44. The van der Waals surface area contributed by atoms with Crippen molar-refractivity contribution in [1.29, 1.82) is 0 Å². The summed E-state index contributed by atoms with van der Waals surface area (Å²) < 4.78 is 32.8. The number of amides is 1. The number of likely N-dealkylation sites (tertiary alicyclic amines) is 1. The molecule has 2 aliphatic rings. The summed E-state index contributed by atoms with van der Waals surface area (Å²) >= 11 is 0. The van der Waals surface area contributed by atoms with E-state index in [1.807, 2.05) is 42.5 Å². The first-order valence-electron chi connectivity index (χ1n) is 9.98. The van der Waals surface area contributed by atoms with Gasteiger partial charge in [-0.15, -0.1) is 0 Å². The highest BCUT2D eigenvalue weighted by atomic mass is 32.2. The molecule has 1 unspecified atom stereocenters. The summed E-state index contributed by atoms with van der Waals surface area (Å²) in [6, 6.07) is 18.4. The average molecular weight is 423 g/mol. The van der Waals surface area contributed by atoms with E-state index in [2.05, 4.69) is 0 Å². The second-order valence-corrected chi connectivity index (χ2v) is 9.49. The fourth-order valence-corrected chi connectivity index (χ4v) is 6.24. The topological polar surface area (TPSA) is 66.9 Å². The van der Waals surface area contributed by atoms with Gasteiger partial charge in [0.1, 0.15) is 12.3 Å². The predicted octanol–water partition coefficient (Wildman–Crippen LogP) is 3.72. The molecule has 3 aromatic rings. The molecule has 0 aliphatic carbocycles. The minimum atomic E-state index is -3.74. The van der Waals surface area contributed by atoms with E-state index in [-0.39, 0.29) is 23.4 Å². The van der Waals surface area contributed by atoms with Crippen molar-refractivity contribution < 1.29 is 17.9 Å². The molecular weight excluding hydrogens is 400 g/mol. The van der Waals surface area contributed by atoms with Crippen molar-refractivity contribution in [3.05, 3.63) is 66.2 Å². The van der Waals surface area contributed by atoms with E-state index in [0.29, 0.717) is 17.6 Å². The van der Waals surface area contributed by atoms with Crippen LogP contribution in [0.4, 0.5) is 5.69 Å². The number of hydrogen-bond acceptors (Lipinski definition) is 4. The molecule has 6 nitrogen and oxygen atoms in total. The summed E-state index contributed by atoms with van der Waals surface area (Å²) in [7, 11) is -2.12. The number of sulfonamides is 1. The van der Waals surface area contributed by atoms with Crippen molar-refractivity contribution in [2.45, 2.75) is 23.8 Å². The zero-order chi connectivity index (χ0) is 20.9. The quantitative estimate of drug-likeness (QED) is 0.643. The molecule has 0 bridgehead atoms. The lowest BCUT2D eigenvalue weighted by atomic mass is 10.0. The smallest absolute Gasteiger partial charge is 0.265 e. The van der Waals surface area contributed by atoms with Crippen molar-refractivity contribution in [3.63, 3.8) is 0 Å². The maximum absolute atomic E-state index is 13.3. The fraction of sp³-hybridized carbons (Fsp3) is 0.261. The van der Waals surface area contributed by atoms with Gasteiger partial charge in [0.25, 0.3) is 10.0 Å². The lowest BCUT2D eigenvalue weighted by Crippen LogP contribution is -2.41. The van der Waals surface area contributed by atoms with Crippen LogP contribution in [0.15, 0.2) is 65.6 Å². The first-order chi connectivity index (χ1) is 14.5. The molecule has 7 heteroatoms. The molecule has 154 valence electrons. The summed E-state index contributed by atoms with van der Waals surface area (Å²) in [4.78, 5) is 15.3. The van der Waals surface area contributed by atoms with Gasteiger partial charge < -0.3 is 9.64 Å². The number of rotatable bonds is 4. The molecule has 1 atom stereocenters. The Bertz CT molecular complexity index is 1230. The van der Waals surface area contributed by atoms with E-state index in [1.165, 1.54) is 4.31 Å². The van der Waals surface area contributed by atoms with Gasteiger partial charge in [-0.3, -0.25) is 9.10 Å². The van der Waals surface area contributed by atoms with Gasteiger partial charge >= 0.3 is 0 Å². The molecule has 0 aromatic heterocycles. The minimum Gasteiger partial charge on any atom is -0.497 e. The standard InChI is InChI=1S/C23H22N2O4S/c1-29-18-12-10-16(11-13-18)19-8-4-14-24(19)22(26)15-25-20-7-2-5-17-6-3-9-21(23(17)20)30(25,27)28/h2-3,5-7,9-13,19H,4,8,14-15H2,1H3. The summed E-state index contributed by atoms with van der Waals surface area (Å²) in [5.74, 6) is 0.588. The van der Waals surface area contributed by atoms with Crippen molar-refractivity contribution in [1.82, 2.24) is 4.90 Å². The maximum atomic E-state index is 13.3. The Hall–Kier alpha value is -3.06. The maximum Gasteiger partial charge on any atom is 0.265 e. The van der Waals surface area contributed by atoms with Crippen LogP contribution >= 0.6 is 0 Å². The number of carbonyl (C=O) groups is 1. The highest BCUT2D eigenvalue weighted by Gasteiger charge is 2.39. The van der Waals surface area contributed by atoms with Crippen molar-refractivity contribution in [3.8, 4) is 5.75 Å². The SMILES string of the molecule is COc1ccc(C2CCCN2C(=O)CN2c3cccc4cccc(c34)S2(=O)=O)cc1. The van der Waals surface area contributed by atoms with E-state index < -0.39 is 10.0 Å². The van der Waals surface area contributed by atoms with Crippen LogP contribution in [0.5, 0.6) is 5.75 Å². The molecule has 2 aliphatic heterocycles. The highest BCUT2D eigenvalue weighted by molar-refractivity contribution is 7.93. The molecule has 2 heterocycles. The van der Waals surface area contributed by atoms with Gasteiger partial charge in [-0.05, 0) is 48.1 Å². The van der Waals surface area contributed by atoms with E-state index in [0.717, 1.165) is 29.5 Å². The number of methoxy groups -OCH3 is 1. The number of benzene rings is 3. The molecule has 1 fully saturated rings. The fourth-order valence-electron chi connectivity index (χ4n) is 4.58. The summed E-state index contributed by atoms with van der Waals surface area (Å²) in [5.41, 5.74) is 1.62. The van der Waals surface area contributed by atoms with Crippen molar-refractivity contribution in [2.24, 2.45) is 0 Å². The lowest BCUT2D eigenvalue weighted by Gasteiger charge is -2.28. The number of ether oxygens (including phenoxy) is 1. The van der Waals surface area contributed by atoms with Gasteiger partial charge in [0.05, 0.1) is 23.7 Å². The molecule has 30 heavy (non-hydrogen) atoms. The number of hydrogen-bond donors (Lipinski definition) is 0. The van der Waals surface area contributed by atoms with Crippen LogP contribution in [0.2, 0.25) is 0 Å². The predicted molar refractivity (Wildman–Crippen MR) is 115 cm³/mol.